The average molecular weight is 324 g/mol. The van der Waals surface area contributed by atoms with Crippen molar-refractivity contribution in [3.63, 3.8) is 0 Å². The van der Waals surface area contributed by atoms with Crippen molar-refractivity contribution < 1.29 is 12.8 Å². The molecule has 0 bridgehead atoms. The van der Waals surface area contributed by atoms with E-state index in [4.69, 9.17) is 4.42 Å². The lowest BCUT2D eigenvalue weighted by atomic mass is 9.97. The number of hydrogen-bond donors (Lipinski definition) is 1. The van der Waals surface area contributed by atoms with Gasteiger partial charge in [0.15, 0.2) is 0 Å². The van der Waals surface area contributed by atoms with Crippen LogP contribution in [0.5, 0.6) is 0 Å². The van der Waals surface area contributed by atoms with Crippen LogP contribution in [0.15, 0.2) is 33.6 Å². The molecule has 2 aromatic rings. The van der Waals surface area contributed by atoms with Gasteiger partial charge in [-0.05, 0) is 18.2 Å². The fraction of sp³-hybridized carbons (Fsp3) is 0.429. The Labute approximate surface area is 130 Å². The van der Waals surface area contributed by atoms with Gasteiger partial charge in [-0.15, -0.1) is 5.10 Å². The van der Waals surface area contributed by atoms with Crippen molar-refractivity contribution in [1.82, 2.24) is 10.2 Å². The van der Waals surface area contributed by atoms with Crippen molar-refractivity contribution in [2.45, 2.75) is 31.1 Å². The summed E-state index contributed by atoms with van der Waals surface area (Å²) in [7, 11) is -0.0943. The van der Waals surface area contributed by atoms with Gasteiger partial charge in [0.2, 0.25) is 5.89 Å². The molecule has 1 heterocycles. The van der Waals surface area contributed by atoms with Gasteiger partial charge in [0, 0.05) is 25.2 Å². The van der Waals surface area contributed by atoms with Gasteiger partial charge < -0.3 is 9.32 Å². The molecule has 1 N–H and O–H groups in total. The molecule has 0 spiro atoms. The molecule has 0 aliphatic carbocycles. The molecule has 22 heavy (non-hydrogen) atoms. The van der Waals surface area contributed by atoms with Crippen LogP contribution in [-0.2, 0) is 15.4 Å². The van der Waals surface area contributed by atoms with Crippen LogP contribution in [0.1, 0.15) is 26.7 Å². The summed E-state index contributed by atoms with van der Waals surface area (Å²) in [6.07, 6.45) is 0. The van der Waals surface area contributed by atoms with Gasteiger partial charge in [-0.25, -0.2) is 13.1 Å². The van der Waals surface area contributed by atoms with E-state index in [2.05, 4.69) is 14.9 Å². The largest absolute Gasteiger partial charge is 0.407 e. The molecule has 2 rings (SSSR count). The normalized spacial score (nSPS) is 12.2. The molecular weight excluding hydrogens is 304 g/mol. The molecule has 120 valence electrons. The second-order valence-electron chi connectivity index (χ2n) is 6.16. The predicted octanol–water partition coefficient (Wildman–Crippen LogP) is 2.23. The highest BCUT2D eigenvalue weighted by Gasteiger charge is 2.24. The molecule has 0 unspecified atom stereocenters. The first kappa shape index (κ1) is 16.3. The molecule has 0 fully saturated rings. The zero-order chi connectivity index (χ0) is 16.5. The Bertz CT molecular complexity index is 760. The van der Waals surface area contributed by atoms with Gasteiger partial charge in [-0.1, -0.05) is 31.9 Å². The Kier molecular flexibility index (Phi) is 4.15. The summed E-state index contributed by atoms with van der Waals surface area (Å²) in [6.45, 7) is 5.71. The van der Waals surface area contributed by atoms with E-state index in [1.165, 1.54) is 6.07 Å². The zero-order valence-corrected chi connectivity index (χ0v) is 14.1. The molecule has 8 heteroatoms. The summed E-state index contributed by atoms with van der Waals surface area (Å²) < 4.78 is 32.4. The molecule has 1 aromatic carbocycles. The summed E-state index contributed by atoms with van der Waals surface area (Å²) in [6, 6.07) is 6.45. The van der Waals surface area contributed by atoms with Gasteiger partial charge in [0.1, 0.15) is 0 Å². The van der Waals surface area contributed by atoms with Gasteiger partial charge in [0.05, 0.1) is 4.90 Å². The Balaban J connectivity index is 2.28. The zero-order valence-electron chi connectivity index (χ0n) is 13.3. The van der Waals surface area contributed by atoms with E-state index in [-0.39, 0.29) is 16.3 Å². The maximum Gasteiger partial charge on any atom is 0.329 e. The smallest absolute Gasteiger partial charge is 0.329 e. The Hall–Kier alpha value is -2.09. The van der Waals surface area contributed by atoms with Crippen LogP contribution in [-0.4, -0.2) is 32.7 Å². The third kappa shape index (κ3) is 3.56. The quantitative estimate of drug-likeness (QED) is 0.928. The summed E-state index contributed by atoms with van der Waals surface area (Å²) >= 11 is 0. The number of hydrogen-bond acceptors (Lipinski definition) is 6. The summed E-state index contributed by atoms with van der Waals surface area (Å²) in [5.41, 5.74) is 0.436. The number of nitrogens with one attached hydrogen (secondary N) is 1. The molecule has 1 aromatic heterocycles. The molecule has 0 aliphatic heterocycles. The molecule has 0 amide bonds. The van der Waals surface area contributed by atoms with Crippen molar-refractivity contribution in [3.8, 4) is 0 Å². The van der Waals surface area contributed by atoms with Crippen LogP contribution in [0, 0.1) is 0 Å². The molecular formula is C14H20N4O3S. The lowest BCUT2D eigenvalue weighted by molar-refractivity contribution is 0.401. The Morgan fingerprint density at radius 1 is 1.18 bits per heavy atom. The number of anilines is 2. The number of aromatic nitrogens is 2. The van der Waals surface area contributed by atoms with E-state index < -0.39 is 10.0 Å². The number of rotatable bonds is 4. The lowest BCUT2D eigenvalue weighted by Crippen LogP contribution is -2.15. The third-order valence-electron chi connectivity index (χ3n) is 2.93. The van der Waals surface area contributed by atoms with Crippen LogP contribution < -0.4 is 9.62 Å². The van der Waals surface area contributed by atoms with Crippen LogP contribution in [0.4, 0.5) is 11.7 Å². The van der Waals surface area contributed by atoms with Gasteiger partial charge in [0.25, 0.3) is 10.0 Å². The monoisotopic (exact) mass is 324 g/mol. The van der Waals surface area contributed by atoms with E-state index in [0.717, 1.165) is 5.69 Å². The van der Waals surface area contributed by atoms with E-state index >= 15 is 0 Å². The number of nitrogens with zero attached hydrogens (tertiary/aromatic N) is 3. The highest BCUT2D eigenvalue weighted by atomic mass is 32.2. The van der Waals surface area contributed by atoms with Crippen LogP contribution in [0.3, 0.4) is 0 Å². The molecule has 0 aliphatic rings. The average Bonchev–Trinajstić information content (AvgIpc) is 2.86. The second-order valence-corrected chi connectivity index (χ2v) is 7.84. The predicted molar refractivity (Wildman–Crippen MR) is 84.6 cm³/mol. The highest BCUT2D eigenvalue weighted by Crippen LogP contribution is 2.24. The maximum atomic E-state index is 12.4. The molecule has 0 atom stereocenters. The third-order valence-corrected chi connectivity index (χ3v) is 4.25. The minimum atomic E-state index is -3.77. The minimum Gasteiger partial charge on any atom is -0.407 e. The minimum absolute atomic E-state index is 0.134. The Morgan fingerprint density at radius 3 is 2.41 bits per heavy atom. The van der Waals surface area contributed by atoms with Crippen molar-refractivity contribution in [3.05, 3.63) is 30.2 Å². The maximum absolute atomic E-state index is 12.4. The van der Waals surface area contributed by atoms with Crippen molar-refractivity contribution in [2.24, 2.45) is 0 Å². The van der Waals surface area contributed by atoms with Crippen LogP contribution >= 0.6 is 0 Å². The van der Waals surface area contributed by atoms with Crippen molar-refractivity contribution in [1.29, 1.82) is 0 Å². The van der Waals surface area contributed by atoms with Gasteiger partial charge in [-0.3, -0.25) is 0 Å². The molecule has 0 saturated carbocycles. The number of benzene rings is 1. The van der Waals surface area contributed by atoms with E-state index in [1.54, 1.807) is 12.1 Å². The second kappa shape index (κ2) is 5.60. The Morgan fingerprint density at radius 2 is 1.86 bits per heavy atom. The summed E-state index contributed by atoms with van der Waals surface area (Å²) in [5, 5.41) is 7.59. The van der Waals surface area contributed by atoms with Crippen molar-refractivity contribution in [2.75, 3.05) is 23.7 Å². The van der Waals surface area contributed by atoms with Crippen LogP contribution in [0.25, 0.3) is 0 Å². The first-order valence-electron chi connectivity index (χ1n) is 6.74. The fourth-order valence-electron chi connectivity index (χ4n) is 1.67. The first-order chi connectivity index (χ1) is 10.1. The lowest BCUT2D eigenvalue weighted by Gasteiger charge is -2.13. The molecule has 0 radical (unpaired) electrons. The first-order valence-corrected chi connectivity index (χ1v) is 8.22. The standard InChI is InChI=1S/C14H20N4O3S/c1-14(2,3)12-15-16-13(21-12)17-22(19,20)11-8-6-7-10(9-11)18(4)5/h6-9H,1-5H3,(H,16,17). The topological polar surface area (TPSA) is 88.3 Å². The summed E-state index contributed by atoms with van der Waals surface area (Å²) in [4.78, 5) is 1.96. The fourth-order valence-corrected chi connectivity index (χ4v) is 2.63. The summed E-state index contributed by atoms with van der Waals surface area (Å²) in [5.74, 6) is 0.368. The number of sulfonamides is 1. The van der Waals surface area contributed by atoms with Crippen molar-refractivity contribution >= 4 is 21.7 Å². The van der Waals surface area contributed by atoms with Gasteiger partial charge >= 0.3 is 6.01 Å². The van der Waals surface area contributed by atoms with E-state index in [9.17, 15) is 8.42 Å². The van der Waals surface area contributed by atoms with E-state index in [0.29, 0.717) is 5.89 Å². The molecule has 7 nitrogen and oxygen atoms in total. The molecule has 0 saturated heterocycles. The van der Waals surface area contributed by atoms with E-state index in [1.807, 2.05) is 45.8 Å². The van der Waals surface area contributed by atoms with Crippen LogP contribution in [0.2, 0.25) is 0 Å². The SMILES string of the molecule is CN(C)c1cccc(S(=O)(=O)Nc2nnc(C(C)(C)C)o2)c1. The highest BCUT2D eigenvalue weighted by molar-refractivity contribution is 7.92. The van der Waals surface area contributed by atoms with Gasteiger partial charge in [-0.2, -0.15) is 0 Å².